The predicted octanol–water partition coefficient (Wildman–Crippen LogP) is 5.35. The second kappa shape index (κ2) is 8.42. The van der Waals surface area contributed by atoms with Gasteiger partial charge in [0.1, 0.15) is 0 Å². The molecule has 1 N–H and O–H groups in total. The summed E-state index contributed by atoms with van der Waals surface area (Å²) in [5.41, 5.74) is 1.96. The normalized spacial score (nSPS) is 41.8. The van der Waals surface area contributed by atoms with Crippen LogP contribution in [0.1, 0.15) is 79.6 Å². The summed E-state index contributed by atoms with van der Waals surface area (Å²) in [5.74, 6) is 3.00. The molecule has 4 aliphatic carbocycles. The molecule has 4 nitrogen and oxygen atoms in total. The van der Waals surface area contributed by atoms with Gasteiger partial charge in [-0.25, -0.2) is 0 Å². The fourth-order valence-electron chi connectivity index (χ4n) is 8.53. The Balaban J connectivity index is 1.55. The van der Waals surface area contributed by atoms with Crippen molar-refractivity contribution in [1.82, 2.24) is 10.2 Å². The Kier molecular flexibility index (Phi) is 6.24. The molecule has 4 heteroatoms. The van der Waals surface area contributed by atoms with Crippen molar-refractivity contribution in [1.29, 1.82) is 0 Å². The van der Waals surface area contributed by atoms with Crippen LogP contribution in [-0.4, -0.2) is 36.7 Å². The molecule has 1 amide bonds. The van der Waals surface area contributed by atoms with Gasteiger partial charge in [-0.05, 0) is 114 Å². The maximum atomic E-state index is 13.5. The monoisotopic (exact) mass is 440 g/mol. The lowest BCUT2D eigenvalue weighted by atomic mass is 9.45. The topological polar surface area (TPSA) is 49.4 Å². The number of hydrogen-bond acceptors (Lipinski definition) is 3. The molecule has 4 rings (SSSR count). The summed E-state index contributed by atoms with van der Waals surface area (Å²) in [4.78, 5) is 28.1. The van der Waals surface area contributed by atoms with Crippen molar-refractivity contribution in [3.63, 3.8) is 0 Å². The van der Waals surface area contributed by atoms with Gasteiger partial charge in [-0.2, -0.15) is 0 Å². The molecule has 1 unspecified atom stereocenters. The van der Waals surface area contributed by atoms with Gasteiger partial charge in [0.25, 0.3) is 0 Å². The number of Topliss-reactive ketones (excluding diaryl/α,β-unsaturated/α-hetero) is 1. The van der Waals surface area contributed by atoms with E-state index in [1.165, 1.54) is 32.1 Å². The highest BCUT2D eigenvalue weighted by molar-refractivity contribution is 6.03. The van der Waals surface area contributed by atoms with E-state index in [9.17, 15) is 9.59 Å². The van der Waals surface area contributed by atoms with E-state index in [1.807, 2.05) is 19.9 Å². The Hall–Kier alpha value is -1.42. The molecule has 0 radical (unpaired) electrons. The number of nitrogens with zero attached hydrogens (tertiary/aromatic N) is 1. The number of hydrogen-bond donors (Lipinski definition) is 1. The fraction of sp³-hybridized carbons (Fsp3) is 0.786. The number of carbonyl (C=O) groups is 2. The molecule has 0 saturated heterocycles. The van der Waals surface area contributed by atoms with Crippen molar-refractivity contribution in [2.45, 2.75) is 85.6 Å². The summed E-state index contributed by atoms with van der Waals surface area (Å²) in [6.45, 7) is 11.2. The first-order valence-electron chi connectivity index (χ1n) is 12.9. The molecular weight excluding hydrogens is 396 g/mol. The maximum absolute atomic E-state index is 13.5. The molecule has 32 heavy (non-hydrogen) atoms. The van der Waals surface area contributed by atoms with Gasteiger partial charge in [0.05, 0.1) is 5.70 Å². The average Bonchev–Trinajstić information content (AvgIpc) is 3.06. The van der Waals surface area contributed by atoms with Gasteiger partial charge in [-0.3, -0.25) is 9.59 Å². The maximum Gasteiger partial charge on any atom is 0.248 e. The van der Waals surface area contributed by atoms with Crippen LogP contribution in [0.3, 0.4) is 0 Å². The van der Waals surface area contributed by atoms with Gasteiger partial charge >= 0.3 is 0 Å². The van der Waals surface area contributed by atoms with Gasteiger partial charge in [-0.1, -0.05) is 25.5 Å². The third-order valence-electron chi connectivity index (χ3n) is 10.3. The molecule has 0 bridgehead atoms. The van der Waals surface area contributed by atoms with E-state index in [1.54, 1.807) is 6.08 Å². The number of carbonyl (C=O) groups excluding carboxylic acids is 2. The highest BCUT2D eigenvalue weighted by Gasteiger charge is 2.61. The standard InChI is InChI=1S/C28H44N2O2/c1-17(2)16-25(31)29-24-13-15-28(5)22-12-14-27(4)20(18(3)30(6)7)10-11-21(27)19(22)8-9-23(28)26(24)32/h13,16,18-23H,8-12,14-15H2,1-7H3,(H,29,31)/t18?,19-,20+,21-,22-,23-,27+,28+/m0/s1. The average molecular weight is 441 g/mol. The lowest BCUT2D eigenvalue weighted by Gasteiger charge is -2.60. The van der Waals surface area contributed by atoms with E-state index in [2.05, 4.69) is 45.1 Å². The Bertz CT molecular complexity index is 838. The van der Waals surface area contributed by atoms with E-state index in [0.29, 0.717) is 23.1 Å². The first kappa shape index (κ1) is 23.7. The number of amides is 1. The van der Waals surface area contributed by atoms with Crippen LogP contribution in [0.15, 0.2) is 23.4 Å². The number of fused-ring (bicyclic) bond motifs is 5. The lowest BCUT2D eigenvalue weighted by Crippen LogP contribution is -2.56. The fourth-order valence-corrected chi connectivity index (χ4v) is 8.53. The van der Waals surface area contributed by atoms with Crippen LogP contribution < -0.4 is 5.32 Å². The van der Waals surface area contributed by atoms with Crippen LogP contribution in [-0.2, 0) is 9.59 Å². The van der Waals surface area contributed by atoms with E-state index >= 15 is 0 Å². The van der Waals surface area contributed by atoms with E-state index in [-0.39, 0.29) is 23.0 Å². The van der Waals surface area contributed by atoms with Gasteiger partial charge in [0, 0.05) is 18.0 Å². The zero-order chi connectivity index (χ0) is 23.4. The minimum atomic E-state index is -0.178. The highest BCUT2D eigenvalue weighted by Crippen LogP contribution is 2.67. The molecule has 8 atom stereocenters. The van der Waals surface area contributed by atoms with Crippen LogP contribution >= 0.6 is 0 Å². The SMILES string of the molecule is CC(C)=CC(=O)NC1=CC[C@@]2(C)[C@@H](CC[C@@H]3[C@@H]2CC[C@]2(C)[C@@H](C(C)N(C)C)CC[C@@H]32)C1=O. The van der Waals surface area contributed by atoms with Crippen molar-refractivity contribution >= 4 is 11.7 Å². The zero-order valence-corrected chi connectivity index (χ0v) is 21.3. The van der Waals surface area contributed by atoms with Gasteiger partial charge in [0.15, 0.2) is 5.78 Å². The molecule has 4 aliphatic rings. The quantitative estimate of drug-likeness (QED) is 0.600. The molecule has 0 aromatic rings. The van der Waals surface area contributed by atoms with Gasteiger partial charge in [0.2, 0.25) is 5.91 Å². The third kappa shape index (κ3) is 3.71. The lowest BCUT2D eigenvalue weighted by molar-refractivity contribution is -0.141. The number of allylic oxidation sites excluding steroid dienone is 3. The molecule has 0 spiro atoms. The van der Waals surface area contributed by atoms with Crippen molar-refractivity contribution < 1.29 is 9.59 Å². The first-order chi connectivity index (χ1) is 15.0. The van der Waals surface area contributed by atoms with E-state index < -0.39 is 0 Å². The summed E-state index contributed by atoms with van der Waals surface area (Å²) in [6, 6.07) is 0.625. The summed E-state index contributed by atoms with van der Waals surface area (Å²) in [5, 5.41) is 2.89. The van der Waals surface area contributed by atoms with Crippen molar-refractivity contribution in [2.24, 2.45) is 40.4 Å². The Labute approximate surface area is 195 Å². The predicted molar refractivity (Wildman–Crippen MR) is 130 cm³/mol. The molecule has 178 valence electrons. The first-order valence-corrected chi connectivity index (χ1v) is 12.9. The number of nitrogens with one attached hydrogen (secondary N) is 1. The second-order valence-corrected chi connectivity index (χ2v) is 12.3. The minimum absolute atomic E-state index is 0.0390. The van der Waals surface area contributed by atoms with Crippen LogP contribution in [0, 0.1) is 40.4 Å². The molecule has 0 heterocycles. The molecule has 0 aromatic carbocycles. The number of ketones is 1. The van der Waals surface area contributed by atoms with Crippen LogP contribution in [0.4, 0.5) is 0 Å². The zero-order valence-electron chi connectivity index (χ0n) is 21.3. The van der Waals surface area contributed by atoms with Crippen molar-refractivity contribution in [3.8, 4) is 0 Å². The third-order valence-corrected chi connectivity index (χ3v) is 10.3. The van der Waals surface area contributed by atoms with Gasteiger partial charge < -0.3 is 10.2 Å². The summed E-state index contributed by atoms with van der Waals surface area (Å²) in [6.07, 6.45) is 11.9. The summed E-state index contributed by atoms with van der Waals surface area (Å²) < 4.78 is 0. The summed E-state index contributed by atoms with van der Waals surface area (Å²) in [7, 11) is 4.46. The molecular formula is C28H44N2O2. The largest absolute Gasteiger partial charge is 0.320 e. The minimum Gasteiger partial charge on any atom is -0.320 e. The van der Waals surface area contributed by atoms with E-state index in [4.69, 9.17) is 0 Å². The molecule has 0 aromatic heterocycles. The van der Waals surface area contributed by atoms with Gasteiger partial charge in [-0.15, -0.1) is 0 Å². The molecule has 3 saturated carbocycles. The van der Waals surface area contributed by atoms with Crippen LogP contribution in [0.25, 0.3) is 0 Å². The van der Waals surface area contributed by atoms with Crippen molar-refractivity contribution in [2.75, 3.05) is 14.1 Å². The van der Waals surface area contributed by atoms with Crippen molar-refractivity contribution in [3.05, 3.63) is 23.4 Å². The molecule has 0 aliphatic heterocycles. The Morgan fingerprint density at radius 1 is 1.09 bits per heavy atom. The van der Waals surface area contributed by atoms with E-state index in [0.717, 1.165) is 36.2 Å². The summed E-state index contributed by atoms with van der Waals surface area (Å²) >= 11 is 0. The van der Waals surface area contributed by atoms with Crippen LogP contribution in [0.2, 0.25) is 0 Å². The Morgan fingerprint density at radius 2 is 1.78 bits per heavy atom. The Morgan fingerprint density at radius 3 is 2.44 bits per heavy atom. The highest BCUT2D eigenvalue weighted by atomic mass is 16.2. The smallest absolute Gasteiger partial charge is 0.248 e. The van der Waals surface area contributed by atoms with Crippen LogP contribution in [0.5, 0.6) is 0 Å². The number of rotatable bonds is 4. The second-order valence-electron chi connectivity index (χ2n) is 12.3. The molecule has 3 fully saturated rings.